The number of ether oxygens (including phenoxy) is 2. The van der Waals surface area contributed by atoms with Crippen LogP contribution >= 0.6 is 0 Å². The van der Waals surface area contributed by atoms with E-state index in [0.717, 1.165) is 50.4 Å². The van der Waals surface area contributed by atoms with Gasteiger partial charge in [-0.25, -0.2) is 0 Å². The molecule has 0 aliphatic rings. The Morgan fingerprint density at radius 1 is 0.600 bits per heavy atom. The fourth-order valence-electron chi connectivity index (χ4n) is 4.15. The highest BCUT2D eigenvalue weighted by atomic mass is 16.5. The van der Waals surface area contributed by atoms with E-state index in [4.69, 9.17) is 9.47 Å². The molecule has 0 fully saturated rings. The van der Waals surface area contributed by atoms with Crippen molar-refractivity contribution < 1.29 is 9.47 Å². The van der Waals surface area contributed by atoms with Crippen LogP contribution in [-0.4, -0.2) is 13.2 Å². The van der Waals surface area contributed by atoms with Crippen LogP contribution in [0.2, 0.25) is 0 Å². The maximum atomic E-state index is 6.36. The third-order valence-electron chi connectivity index (χ3n) is 5.63. The summed E-state index contributed by atoms with van der Waals surface area (Å²) in [6, 6.07) is 9.10. The molecule has 0 N–H and O–H groups in total. The fourth-order valence-corrected chi connectivity index (χ4v) is 4.15. The predicted molar refractivity (Wildman–Crippen MR) is 129 cm³/mol. The molecule has 166 valence electrons. The van der Waals surface area contributed by atoms with E-state index in [1.165, 1.54) is 59.1 Å². The molecule has 0 amide bonds. The van der Waals surface area contributed by atoms with Crippen LogP contribution in [0.3, 0.4) is 0 Å². The summed E-state index contributed by atoms with van der Waals surface area (Å²) in [7, 11) is 0. The molecule has 0 heterocycles. The van der Waals surface area contributed by atoms with Crippen LogP contribution in [0.4, 0.5) is 0 Å². The van der Waals surface area contributed by atoms with Gasteiger partial charge in [-0.2, -0.15) is 0 Å². The summed E-state index contributed by atoms with van der Waals surface area (Å²) >= 11 is 0. The van der Waals surface area contributed by atoms with Crippen LogP contribution in [0.1, 0.15) is 92.7 Å². The largest absolute Gasteiger partial charge is 0.493 e. The van der Waals surface area contributed by atoms with Crippen molar-refractivity contribution in [3.8, 4) is 11.5 Å². The van der Waals surface area contributed by atoms with Crippen LogP contribution in [0.5, 0.6) is 11.5 Å². The molecule has 2 heteroatoms. The minimum absolute atomic E-state index is 0.791. The van der Waals surface area contributed by atoms with Crippen molar-refractivity contribution in [2.45, 2.75) is 92.9 Å². The number of unbranched alkanes of at least 4 members (excludes halogenated alkanes) is 4. The number of hydrogen-bond acceptors (Lipinski definition) is 2. The summed E-state index contributed by atoms with van der Waals surface area (Å²) in [5.74, 6) is 2.16. The van der Waals surface area contributed by atoms with Crippen molar-refractivity contribution in [1.82, 2.24) is 0 Å². The maximum absolute atomic E-state index is 6.36. The zero-order valence-electron chi connectivity index (χ0n) is 20.2. The lowest BCUT2D eigenvalue weighted by molar-refractivity contribution is 0.298. The molecule has 0 bridgehead atoms. The second kappa shape index (κ2) is 12.7. The molecule has 0 spiro atoms. The highest BCUT2D eigenvalue weighted by Gasteiger charge is 2.15. The van der Waals surface area contributed by atoms with E-state index in [2.05, 4.69) is 65.8 Å². The van der Waals surface area contributed by atoms with Gasteiger partial charge in [0.25, 0.3) is 0 Å². The average molecular weight is 411 g/mol. The van der Waals surface area contributed by atoms with Crippen molar-refractivity contribution in [2.24, 2.45) is 0 Å². The highest BCUT2D eigenvalue weighted by Crippen LogP contribution is 2.33. The number of rotatable bonds is 13. The van der Waals surface area contributed by atoms with E-state index in [1.807, 2.05) is 0 Å². The molecule has 2 nitrogen and oxygen atoms in total. The lowest BCUT2D eigenvalue weighted by atomic mass is 9.95. The van der Waals surface area contributed by atoms with Gasteiger partial charge in [0, 0.05) is 6.42 Å². The normalized spacial score (nSPS) is 11.0. The Kier molecular flexibility index (Phi) is 10.3. The molecule has 30 heavy (non-hydrogen) atoms. The summed E-state index contributed by atoms with van der Waals surface area (Å²) in [6.07, 6.45) is 8.93. The average Bonchev–Trinajstić information content (AvgIpc) is 2.70. The Morgan fingerprint density at radius 3 is 1.67 bits per heavy atom. The van der Waals surface area contributed by atoms with Gasteiger partial charge in [-0.05, 0) is 62.3 Å². The van der Waals surface area contributed by atoms with E-state index < -0.39 is 0 Å². The Hall–Kier alpha value is -1.96. The van der Waals surface area contributed by atoms with E-state index in [1.54, 1.807) is 0 Å². The SMILES string of the molecule is CCCCCOc1c(C)cc(C)cc1Cc1cc(C)cc(CC)c1OCCCCC. The first-order valence-electron chi connectivity index (χ1n) is 12.0. The summed E-state index contributed by atoms with van der Waals surface area (Å²) in [6.45, 7) is 14.8. The summed E-state index contributed by atoms with van der Waals surface area (Å²) < 4.78 is 12.7. The van der Waals surface area contributed by atoms with Crippen molar-refractivity contribution >= 4 is 0 Å². The van der Waals surface area contributed by atoms with Gasteiger partial charge in [-0.3, -0.25) is 0 Å². The fraction of sp³-hybridized carbons (Fsp3) is 0.571. The molecule has 2 aromatic carbocycles. The Bertz CT molecular complexity index is 792. The molecule has 0 atom stereocenters. The van der Waals surface area contributed by atoms with Crippen molar-refractivity contribution in [3.05, 3.63) is 57.6 Å². The van der Waals surface area contributed by atoms with Crippen molar-refractivity contribution in [3.63, 3.8) is 0 Å². The van der Waals surface area contributed by atoms with Gasteiger partial charge >= 0.3 is 0 Å². The van der Waals surface area contributed by atoms with Gasteiger partial charge in [0.2, 0.25) is 0 Å². The Balaban J connectivity index is 2.34. The van der Waals surface area contributed by atoms with E-state index >= 15 is 0 Å². The first-order valence-corrected chi connectivity index (χ1v) is 12.0. The molecule has 2 rings (SSSR count). The molecule has 0 saturated carbocycles. The van der Waals surface area contributed by atoms with Crippen LogP contribution in [0.25, 0.3) is 0 Å². The third kappa shape index (κ3) is 7.07. The van der Waals surface area contributed by atoms with E-state index in [9.17, 15) is 0 Å². The van der Waals surface area contributed by atoms with Crippen LogP contribution in [0, 0.1) is 20.8 Å². The molecule has 0 radical (unpaired) electrons. The predicted octanol–water partition coefficient (Wildman–Crippen LogP) is 7.90. The first-order chi connectivity index (χ1) is 14.5. The quantitative estimate of drug-likeness (QED) is 0.312. The molecule has 0 aromatic heterocycles. The molecule has 0 aliphatic carbocycles. The zero-order chi connectivity index (χ0) is 21.9. The molecule has 0 unspecified atom stereocenters. The molecular formula is C28H42O2. The Morgan fingerprint density at radius 2 is 1.10 bits per heavy atom. The van der Waals surface area contributed by atoms with Gasteiger partial charge in [0.1, 0.15) is 11.5 Å². The van der Waals surface area contributed by atoms with Gasteiger partial charge in [0.15, 0.2) is 0 Å². The van der Waals surface area contributed by atoms with Crippen LogP contribution < -0.4 is 9.47 Å². The molecular weight excluding hydrogens is 368 g/mol. The number of aryl methyl sites for hydroxylation is 4. The first kappa shape index (κ1) is 24.3. The van der Waals surface area contributed by atoms with Crippen molar-refractivity contribution in [1.29, 1.82) is 0 Å². The summed E-state index contributed by atoms with van der Waals surface area (Å²) in [5.41, 5.74) is 7.70. The second-order valence-corrected chi connectivity index (χ2v) is 8.62. The lowest BCUT2D eigenvalue weighted by Crippen LogP contribution is -2.07. The highest BCUT2D eigenvalue weighted by molar-refractivity contribution is 5.51. The van der Waals surface area contributed by atoms with Crippen molar-refractivity contribution in [2.75, 3.05) is 13.2 Å². The second-order valence-electron chi connectivity index (χ2n) is 8.62. The third-order valence-corrected chi connectivity index (χ3v) is 5.63. The maximum Gasteiger partial charge on any atom is 0.126 e. The summed E-state index contributed by atoms with van der Waals surface area (Å²) in [4.78, 5) is 0. The van der Waals surface area contributed by atoms with E-state index in [0.29, 0.717) is 0 Å². The van der Waals surface area contributed by atoms with Gasteiger partial charge < -0.3 is 9.47 Å². The summed E-state index contributed by atoms with van der Waals surface area (Å²) in [5, 5.41) is 0. The minimum atomic E-state index is 0.791. The smallest absolute Gasteiger partial charge is 0.126 e. The standard InChI is InChI=1S/C28H42O2/c1-7-10-12-14-29-27-23(6)16-21(4)18-25(27)20-26-19-22(5)17-24(9-3)28(26)30-15-13-11-8-2/h16-19H,7-15,20H2,1-6H3. The Labute approximate surface area is 185 Å². The zero-order valence-corrected chi connectivity index (χ0v) is 20.2. The van der Waals surface area contributed by atoms with E-state index in [-0.39, 0.29) is 0 Å². The van der Waals surface area contributed by atoms with Gasteiger partial charge in [0.05, 0.1) is 13.2 Å². The number of benzene rings is 2. The molecule has 2 aromatic rings. The minimum Gasteiger partial charge on any atom is -0.493 e. The van der Waals surface area contributed by atoms with Gasteiger partial charge in [-0.15, -0.1) is 0 Å². The topological polar surface area (TPSA) is 18.5 Å². The molecule has 0 saturated heterocycles. The lowest BCUT2D eigenvalue weighted by Gasteiger charge is -2.19. The number of hydrogen-bond donors (Lipinski definition) is 0. The van der Waals surface area contributed by atoms with Gasteiger partial charge in [-0.1, -0.05) is 81.8 Å². The monoisotopic (exact) mass is 410 g/mol. The van der Waals surface area contributed by atoms with Crippen LogP contribution in [-0.2, 0) is 12.8 Å². The van der Waals surface area contributed by atoms with Crippen LogP contribution in [0.15, 0.2) is 24.3 Å². The molecule has 0 aliphatic heterocycles.